The van der Waals surface area contributed by atoms with Crippen molar-refractivity contribution in [1.29, 1.82) is 0 Å². The molecule has 4 aliphatic rings. The van der Waals surface area contributed by atoms with Crippen LogP contribution in [0.5, 0.6) is 5.75 Å². The molecule has 0 radical (unpaired) electrons. The standard InChI is InChI=1S/C40H42ClN5O4/c1-38(2,3)50-37(48)45-22-27-19-28(45)21-44(27)26-14-10-24(11-15-26)9-12-25-13-17-30-33(43-25)23-46(34(30)47)35-39(4,5)36(40(35,6)7)49-29-16-18-32(42-8)31(41)20-29/h10-11,13-18,20,27-28,35-36H,19,21-23H2,1-7H3. The Labute approximate surface area is 299 Å². The Hall–Kier alpha value is -4.73. The molecule has 1 aromatic heterocycles. The molecule has 2 saturated heterocycles. The summed E-state index contributed by atoms with van der Waals surface area (Å²) < 4.78 is 12.1. The number of halogens is 1. The number of carbonyl (C=O) groups excluding carboxylic acids is 2. The Balaban J connectivity index is 0.996. The molecule has 9 nitrogen and oxygen atoms in total. The van der Waals surface area contributed by atoms with Crippen molar-refractivity contribution in [3.63, 3.8) is 0 Å². The topological polar surface area (TPSA) is 79.6 Å². The van der Waals surface area contributed by atoms with Crippen molar-refractivity contribution in [1.82, 2.24) is 14.8 Å². The molecule has 2 bridgehead atoms. The zero-order valence-electron chi connectivity index (χ0n) is 29.6. The number of pyridine rings is 1. The van der Waals surface area contributed by atoms with E-state index < -0.39 is 5.60 Å². The zero-order chi connectivity index (χ0) is 35.7. The maximum Gasteiger partial charge on any atom is 0.410 e. The Morgan fingerprint density at radius 3 is 2.32 bits per heavy atom. The van der Waals surface area contributed by atoms with Crippen molar-refractivity contribution in [3.8, 4) is 17.6 Å². The van der Waals surface area contributed by atoms with Gasteiger partial charge in [-0.2, -0.15) is 0 Å². The summed E-state index contributed by atoms with van der Waals surface area (Å²) in [5, 5.41) is 0.361. The third kappa shape index (κ3) is 5.82. The van der Waals surface area contributed by atoms with E-state index in [9.17, 15) is 9.59 Å². The van der Waals surface area contributed by atoms with Crippen molar-refractivity contribution < 1.29 is 19.1 Å². The van der Waals surface area contributed by atoms with E-state index in [1.54, 1.807) is 18.2 Å². The van der Waals surface area contributed by atoms with Crippen molar-refractivity contribution >= 4 is 35.0 Å². The second kappa shape index (κ2) is 12.0. The van der Waals surface area contributed by atoms with Crippen LogP contribution in [-0.2, 0) is 11.3 Å². The van der Waals surface area contributed by atoms with E-state index in [4.69, 9.17) is 32.6 Å². The number of rotatable bonds is 4. The van der Waals surface area contributed by atoms with E-state index >= 15 is 0 Å². The first-order valence-corrected chi connectivity index (χ1v) is 17.5. The maximum absolute atomic E-state index is 13.7. The number of piperazine rings is 1. The van der Waals surface area contributed by atoms with Crippen molar-refractivity contribution in [2.24, 2.45) is 10.8 Å². The summed E-state index contributed by atoms with van der Waals surface area (Å²) in [5.41, 5.74) is 3.15. The molecule has 2 unspecified atom stereocenters. The third-order valence-electron chi connectivity index (χ3n) is 10.6. The first-order valence-electron chi connectivity index (χ1n) is 17.1. The average Bonchev–Trinajstić information content (AvgIpc) is 3.75. The highest BCUT2D eigenvalue weighted by atomic mass is 35.5. The van der Waals surface area contributed by atoms with Crippen LogP contribution in [0.25, 0.3) is 4.85 Å². The SMILES string of the molecule is [C-]#[N+]c1ccc(OC2C(C)(C)C(N3Cc4nc(C#Cc5ccc(N6CC7CC6CN7C(=O)OC(C)(C)C)cc5)ccc4C3=O)C2(C)C)cc1Cl. The van der Waals surface area contributed by atoms with Crippen LogP contribution in [0.3, 0.4) is 0 Å². The molecule has 10 heteroatoms. The molecule has 50 heavy (non-hydrogen) atoms. The summed E-state index contributed by atoms with van der Waals surface area (Å²) in [7, 11) is 0. The van der Waals surface area contributed by atoms with Crippen LogP contribution >= 0.6 is 11.6 Å². The van der Waals surface area contributed by atoms with Crippen LogP contribution in [-0.4, -0.2) is 69.7 Å². The summed E-state index contributed by atoms with van der Waals surface area (Å²) in [5.74, 6) is 7.02. The number of carbonyl (C=O) groups is 2. The molecule has 0 spiro atoms. The third-order valence-corrected chi connectivity index (χ3v) is 10.9. The van der Waals surface area contributed by atoms with Gasteiger partial charge in [0.1, 0.15) is 23.1 Å². The molecule has 0 N–H and O–H groups in total. The van der Waals surface area contributed by atoms with Crippen LogP contribution in [0.15, 0.2) is 54.6 Å². The van der Waals surface area contributed by atoms with Crippen LogP contribution in [0.2, 0.25) is 5.02 Å². The molecule has 4 heterocycles. The maximum atomic E-state index is 13.7. The number of ether oxygens (including phenoxy) is 2. The molecule has 258 valence electrons. The highest BCUT2D eigenvalue weighted by Crippen LogP contribution is 2.59. The lowest BCUT2D eigenvalue weighted by Crippen LogP contribution is -2.74. The van der Waals surface area contributed by atoms with Crippen molar-refractivity contribution in [2.75, 3.05) is 18.0 Å². The van der Waals surface area contributed by atoms with Crippen LogP contribution in [0.1, 0.15) is 82.2 Å². The summed E-state index contributed by atoms with van der Waals surface area (Å²) in [6, 6.07) is 17.4. The normalized spacial score (nSPS) is 24.2. The second-order valence-corrected chi connectivity index (χ2v) is 16.4. The monoisotopic (exact) mass is 691 g/mol. The molecule has 3 aliphatic heterocycles. The zero-order valence-corrected chi connectivity index (χ0v) is 30.3. The quantitative estimate of drug-likeness (QED) is 0.206. The van der Waals surface area contributed by atoms with Gasteiger partial charge in [0.25, 0.3) is 5.91 Å². The van der Waals surface area contributed by atoms with Gasteiger partial charge in [0, 0.05) is 47.3 Å². The number of nitrogens with zero attached hydrogens (tertiary/aromatic N) is 5. The van der Waals surface area contributed by atoms with E-state index in [2.05, 4.69) is 61.4 Å². The number of fused-ring (bicyclic) bond motifs is 3. The first-order chi connectivity index (χ1) is 23.6. The van der Waals surface area contributed by atoms with E-state index in [-0.39, 0.29) is 47.1 Å². The number of likely N-dealkylation sites (tertiary alicyclic amines) is 1. The fraction of sp³-hybridized carbons (Fsp3) is 0.450. The number of aromatic nitrogens is 1. The van der Waals surface area contributed by atoms with E-state index in [0.717, 1.165) is 29.9 Å². The van der Waals surface area contributed by atoms with Crippen molar-refractivity contribution in [3.05, 3.63) is 93.6 Å². The van der Waals surface area contributed by atoms with Gasteiger partial charge >= 0.3 is 6.09 Å². The minimum atomic E-state index is -0.501. The lowest BCUT2D eigenvalue weighted by Gasteiger charge is -2.65. The molecular weight excluding hydrogens is 650 g/mol. The highest BCUT2D eigenvalue weighted by molar-refractivity contribution is 6.33. The predicted octanol–water partition coefficient (Wildman–Crippen LogP) is 7.72. The van der Waals surface area contributed by atoms with Crippen LogP contribution in [0, 0.1) is 29.2 Å². The molecule has 3 fully saturated rings. The van der Waals surface area contributed by atoms with E-state index in [1.807, 2.05) is 54.8 Å². The van der Waals surface area contributed by atoms with Gasteiger partial charge < -0.3 is 24.2 Å². The molecule has 1 saturated carbocycles. The number of amides is 2. The molecule has 2 aromatic carbocycles. The van der Waals surface area contributed by atoms with E-state index in [0.29, 0.717) is 40.8 Å². The Bertz CT molecular complexity index is 1970. The Morgan fingerprint density at radius 1 is 0.980 bits per heavy atom. The number of hydrogen-bond donors (Lipinski definition) is 0. The van der Waals surface area contributed by atoms with Gasteiger partial charge in [-0.05, 0) is 81.6 Å². The Morgan fingerprint density at radius 2 is 1.70 bits per heavy atom. The number of anilines is 1. The fourth-order valence-electron chi connectivity index (χ4n) is 8.89. The lowest BCUT2D eigenvalue weighted by molar-refractivity contribution is -0.199. The first kappa shape index (κ1) is 33.8. The lowest BCUT2D eigenvalue weighted by atomic mass is 9.49. The van der Waals surface area contributed by atoms with Gasteiger partial charge in [0.05, 0.1) is 35.4 Å². The smallest absolute Gasteiger partial charge is 0.410 e. The van der Waals surface area contributed by atoms with Crippen LogP contribution < -0.4 is 9.64 Å². The molecule has 2 amide bonds. The molecule has 3 aromatic rings. The van der Waals surface area contributed by atoms with Gasteiger partial charge in [-0.1, -0.05) is 51.3 Å². The molecule has 2 atom stereocenters. The predicted molar refractivity (Wildman–Crippen MR) is 192 cm³/mol. The number of benzene rings is 2. The highest BCUT2D eigenvalue weighted by Gasteiger charge is 2.67. The second-order valence-electron chi connectivity index (χ2n) is 16.0. The van der Waals surface area contributed by atoms with Crippen molar-refractivity contribution in [2.45, 2.75) is 91.3 Å². The molecule has 7 rings (SSSR count). The summed E-state index contributed by atoms with van der Waals surface area (Å²) >= 11 is 6.28. The van der Waals surface area contributed by atoms with Gasteiger partial charge in [0.2, 0.25) is 5.69 Å². The summed E-state index contributed by atoms with van der Waals surface area (Å²) in [4.78, 5) is 40.8. The fourth-order valence-corrected chi connectivity index (χ4v) is 9.10. The van der Waals surface area contributed by atoms with E-state index in [1.165, 1.54) is 0 Å². The largest absolute Gasteiger partial charge is 0.489 e. The van der Waals surface area contributed by atoms with Gasteiger partial charge in [-0.25, -0.2) is 14.6 Å². The number of hydrogen-bond acceptors (Lipinski definition) is 6. The van der Waals surface area contributed by atoms with Gasteiger partial charge in [-0.3, -0.25) is 4.79 Å². The minimum absolute atomic E-state index is 0.0264. The Kier molecular flexibility index (Phi) is 8.07. The summed E-state index contributed by atoms with van der Waals surface area (Å²) in [6.07, 6.45) is 0.540. The minimum Gasteiger partial charge on any atom is -0.489 e. The molecular formula is C40H42ClN5O4. The van der Waals surface area contributed by atoms with Gasteiger partial charge in [0.15, 0.2) is 0 Å². The molecule has 1 aliphatic carbocycles. The van der Waals surface area contributed by atoms with Gasteiger partial charge in [-0.15, -0.1) is 0 Å². The average molecular weight is 692 g/mol. The summed E-state index contributed by atoms with van der Waals surface area (Å²) in [6.45, 7) is 23.3. The van der Waals surface area contributed by atoms with Crippen LogP contribution in [0.4, 0.5) is 16.2 Å².